The number of hydrogen-bond acceptors (Lipinski definition) is 4. The van der Waals surface area contributed by atoms with Gasteiger partial charge in [0.2, 0.25) is 20.0 Å². The van der Waals surface area contributed by atoms with Gasteiger partial charge in [-0.3, -0.25) is 4.31 Å². The van der Waals surface area contributed by atoms with Gasteiger partial charge in [-0.05, 0) is 19.1 Å². The molecule has 0 spiro atoms. The molecule has 0 aliphatic rings. The zero-order valence-electron chi connectivity index (χ0n) is 11.2. The van der Waals surface area contributed by atoms with Crippen molar-refractivity contribution >= 4 is 25.7 Å². The van der Waals surface area contributed by atoms with E-state index in [2.05, 4.69) is 4.72 Å². The molecule has 9 heteroatoms. The van der Waals surface area contributed by atoms with E-state index in [0.717, 1.165) is 16.6 Å². The summed E-state index contributed by atoms with van der Waals surface area (Å²) in [5, 5.41) is 0. The first kappa shape index (κ1) is 16.9. The first-order valence-electron chi connectivity index (χ1n) is 5.87. The van der Waals surface area contributed by atoms with Crippen LogP contribution in [0, 0.1) is 5.82 Å². The van der Waals surface area contributed by atoms with Gasteiger partial charge in [0.25, 0.3) is 0 Å². The molecular formula is C11H17FN2O4S2. The fourth-order valence-corrected chi connectivity index (χ4v) is 3.06. The normalized spacial score (nSPS) is 12.3. The van der Waals surface area contributed by atoms with Crippen molar-refractivity contribution in [2.45, 2.75) is 6.92 Å². The second kappa shape index (κ2) is 6.51. The summed E-state index contributed by atoms with van der Waals surface area (Å²) in [4.78, 5) is 0. The summed E-state index contributed by atoms with van der Waals surface area (Å²) >= 11 is 0. The van der Waals surface area contributed by atoms with Crippen molar-refractivity contribution in [3.8, 4) is 0 Å². The van der Waals surface area contributed by atoms with Crippen molar-refractivity contribution in [2.24, 2.45) is 0 Å². The molecule has 114 valence electrons. The molecule has 6 nitrogen and oxygen atoms in total. The predicted molar refractivity (Wildman–Crippen MR) is 76.1 cm³/mol. The maximum absolute atomic E-state index is 13.7. The van der Waals surface area contributed by atoms with Gasteiger partial charge in [-0.15, -0.1) is 0 Å². The molecule has 0 bridgehead atoms. The Labute approximate surface area is 118 Å². The molecule has 20 heavy (non-hydrogen) atoms. The highest BCUT2D eigenvalue weighted by molar-refractivity contribution is 7.92. The fourth-order valence-electron chi connectivity index (χ4n) is 1.52. The number of rotatable bonds is 7. The van der Waals surface area contributed by atoms with Gasteiger partial charge < -0.3 is 0 Å². The van der Waals surface area contributed by atoms with E-state index in [-0.39, 0.29) is 24.5 Å². The van der Waals surface area contributed by atoms with Gasteiger partial charge in [-0.25, -0.2) is 25.9 Å². The number of nitrogens with one attached hydrogen (secondary N) is 1. The van der Waals surface area contributed by atoms with Crippen LogP contribution in [0.5, 0.6) is 0 Å². The van der Waals surface area contributed by atoms with Crippen LogP contribution < -0.4 is 9.03 Å². The Morgan fingerprint density at radius 1 is 1.20 bits per heavy atom. The Morgan fingerprint density at radius 2 is 1.80 bits per heavy atom. The maximum atomic E-state index is 13.7. The average Bonchev–Trinajstić information content (AvgIpc) is 2.34. The van der Waals surface area contributed by atoms with Crippen LogP contribution in [0.15, 0.2) is 24.3 Å². The van der Waals surface area contributed by atoms with Crippen LogP contribution in [0.3, 0.4) is 0 Å². The second-order valence-electron chi connectivity index (χ2n) is 4.08. The van der Waals surface area contributed by atoms with Crippen LogP contribution in [0.2, 0.25) is 0 Å². The van der Waals surface area contributed by atoms with Crippen LogP contribution in [0.4, 0.5) is 10.1 Å². The molecular weight excluding hydrogens is 307 g/mol. The average molecular weight is 324 g/mol. The second-order valence-corrected chi connectivity index (χ2v) is 8.09. The van der Waals surface area contributed by atoms with Gasteiger partial charge in [-0.1, -0.05) is 12.1 Å². The lowest BCUT2D eigenvalue weighted by molar-refractivity contribution is 0.577. The quantitative estimate of drug-likeness (QED) is 0.793. The van der Waals surface area contributed by atoms with Crippen LogP contribution in [0.25, 0.3) is 0 Å². The third kappa shape index (κ3) is 4.73. The summed E-state index contributed by atoms with van der Waals surface area (Å²) in [7, 11) is -7.12. The molecule has 0 unspecified atom stereocenters. The Morgan fingerprint density at radius 3 is 2.30 bits per heavy atom. The van der Waals surface area contributed by atoms with Crippen molar-refractivity contribution in [3.63, 3.8) is 0 Å². The van der Waals surface area contributed by atoms with E-state index in [1.807, 2.05) is 0 Å². The van der Waals surface area contributed by atoms with Crippen molar-refractivity contribution < 1.29 is 21.2 Å². The largest absolute Gasteiger partial charge is 0.266 e. The van der Waals surface area contributed by atoms with E-state index < -0.39 is 25.9 Å². The van der Waals surface area contributed by atoms with Gasteiger partial charge >= 0.3 is 0 Å². The summed E-state index contributed by atoms with van der Waals surface area (Å²) in [6.45, 7) is 1.16. The molecule has 0 aliphatic heterocycles. The van der Waals surface area contributed by atoms with Crippen LogP contribution in [-0.2, 0) is 20.0 Å². The van der Waals surface area contributed by atoms with E-state index in [1.54, 1.807) is 0 Å². The zero-order chi connectivity index (χ0) is 15.4. The van der Waals surface area contributed by atoms with Crippen molar-refractivity contribution in [3.05, 3.63) is 30.1 Å². The lowest BCUT2D eigenvalue weighted by atomic mass is 10.3. The SMILES string of the molecule is CCS(=O)(=O)NCCN(c1ccccc1F)S(C)(=O)=O. The molecule has 0 fully saturated rings. The number of anilines is 1. The summed E-state index contributed by atoms with van der Waals surface area (Å²) in [5.74, 6) is -0.790. The highest BCUT2D eigenvalue weighted by Gasteiger charge is 2.20. The molecule has 0 heterocycles. The number of nitrogens with zero attached hydrogens (tertiary/aromatic N) is 1. The molecule has 1 rings (SSSR count). The zero-order valence-corrected chi connectivity index (χ0v) is 12.8. The summed E-state index contributed by atoms with van der Waals surface area (Å²) in [6, 6.07) is 5.42. The number of para-hydroxylation sites is 1. The van der Waals surface area contributed by atoms with Gasteiger partial charge in [0, 0.05) is 13.1 Å². The first-order valence-corrected chi connectivity index (χ1v) is 9.37. The monoisotopic (exact) mass is 324 g/mol. The maximum Gasteiger partial charge on any atom is 0.232 e. The van der Waals surface area contributed by atoms with Crippen molar-refractivity contribution in [1.29, 1.82) is 0 Å². The Kier molecular flexibility index (Phi) is 5.49. The molecule has 0 saturated carbocycles. The topological polar surface area (TPSA) is 83.6 Å². The van der Waals surface area contributed by atoms with Crippen LogP contribution in [0.1, 0.15) is 6.92 Å². The number of hydrogen-bond donors (Lipinski definition) is 1. The van der Waals surface area contributed by atoms with E-state index in [1.165, 1.54) is 25.1 Å². The number of benzene rings is 1. The lowest BCUT2D eigenvalue weighted by Crippen LogP contribution is -2.39. The Balaban J connectivity index is 2.92. The van der Waals surface area contributed by atoms with E-state index in [4.69, 9.17) is 0 Å². The Hall–Kier alpha value is -1.19. The Bertz CT molecular complexity index is 659. The van der Waals surface area contributed by atoms with Crippen LogP contribution >= 0.6 is 0 Å². The molecule has 0 aliphatic carbocycles. The van der Waals surface area contributed by atoms with Gasteiger partial charge in [0.05, 0.1) is 17.7 Å². The van der Waals surface area contributed by atoms with Crippen molar-refractivity contribution in [1.82, 2.24) is 4.72 Å². The molecule has 1 aromatic rings. The molecule has 0 radical (unpaired) electrons. The van der Waals surface area contributed by atoms with Crippen LogP contribution in [-0.4, -0.2) is 41.9 Å². The molecule has 0 atom stereocenters. The van der Waals surface area contributed by atoms with E-state index in [0.29, 0.717) is 0 Å². The molecule has 0 amide bonds. The minimum atomic E-state index is -3.71. The summed E-state index contributed by atoms with van der Waals surface area (Å²) in [5.41, 5.74) is -0.106. The highest BCUT2D eigenvalue weighted by Crippen LogP contribution is 2.20. The third-order valence-corrected chi connectivity index (χ3v) is 5.12. The standard InChI is InChI=1S/C11H17FN2O4S2/c1-3-20(17,18)13-8-9-14(19(2,15)16)11-7-5-4-6-10(11)12/h4-7,13H,3,8-9H2,1-2H3. The lowest BCUT2D eigenvalue weighted by Gasteiger charge is -2.22. The van der Waals surface area contributed by atoms with Crippen molar-refractivity contribution in [2.75, 3.05) is 29.4 Å². The summed E-state index contributed by atoms with van der Waals surface area (Å²) < 4.78 is 62.7. The smallest absolute Gasteiger partial charge is 0.232 e. The first-order chi connectivity index (χ1) is 9.17. The van der Waals surface area contributed by atoms with E-state index >= 15 is 0 Å². The van der Waals surface area contributed by atoms with Gasteiger partial charge in [0.1, 0.15) is 5.82 Å². The fraction of sp³-hybridized carbons (Fsp3) is 0.455. The minimum Gasteiger partial charge on any atom is -0.266 e. The molecule has 1 N–H and O–H groups in total. The van der Waals surface area contributed by atoms with Gasteiger partial charge in [-0.2, -0.15) is 0 Å². The van der Waals surface area contributed by atoms with E-state index in [9.17, 15) is 21.2 Å². The molecule has 0 aromatic heterocycles. The predicted octanol–water partition coefficient (Wildman–Crippen LogP) is 0.531. The molecule has 1 aromatic carbocycles. The third-order valence-electron chi connectivity index (χ3n) is 2.54. The highest BCUT2D eigenvalue weighted by atomic mass is 32.2. The summed E-state index contributed by atoms with van der Waals surface area (Å²) in [6.07, 6.45) is 0.938. The minimum absolute atomic E-state index is 0.106. The number of halogens is 1. The van der Waals surface area contributed by atoms with Gasteiger partial charge in [0.15, 0.2) is 0 Å². The molecule has 0 saturated heterocycles. The number of sulfonamides is 2.